The zero-order valence-electron chi connectivity index (χ0n) is 19.7. The fraction of sp³-hybridized carbons (Fsp3) is 0.667. The molecule has 3 atom stereocenters. The molecule has 3 aliphatic rings. The van der Waals surface area contributed by atoms with E-state index in [0.717, 1.165) is 25.7 Å². The van der Waals surface area contributed by atoms with Crippen LogP contribution in [0.2, 0.25) is 0 Å². The van der Waals surface area contributed by atoms with E-state index in [0.29, 0.717) is 44.1 Å². The highest BCUT2D eigenvalue weighted by atomic mass is 32.2. The van der Waals surface area contributed by atoms with Crippen molar-refractivity contribution in [3.8, 4) is 0 Å². The lowest BCUT2D eigenvalue weighted by Crippen LogP contribution is -2.57. The summed E-state index contributed by atoms with van der Waals surface area (Å²) in [5.41, 5.74) is 0.622. The molecule has 182 valence electrons. The first-order chi connectivity index (χ1) is 15.9. The van der Waals surface area contributed by atoms with Crippen LogP contribution in [0.5, 0.6) is 0 Å². The molecule has 8 nitrogen and oxygen atoms in total. The van der Waals surface area contributed by atoms with Crippen molar-refractivity contribution in [2.45, 2.75) is 58.0 Å². The molecular weight excluding hydrogens is 440 g/mol. The number of nitrogens with zero attached hydrogens (tertiary/aromatic N) is 4. The topological polar surface area (TPSA) is 81.2 Å². The zero-order chi connectivity index (χ0) is 23.6. The van der Waals surface area contributed by atoms with Gasteiger partial charge in [0.15, 0.2) is 0 Å². The fourth-order valence-corrected chi connectivity index (χ4v) is 7.37. The highest BCUT2D eigenvalue weighted by molar-refractivity contribution is 7.86. The van der Waals surface area contributed by atoms with Crippen LogP contribution in [0.25, 0.3) is 0 Å². The molecule has 0 aromatic heterocycles. The van der Waals surface area contributed by atoms with E-state index in [1.807, 2.05) is 49.1 Å². The molecule has 3 unspecified atom stereocenters. The van der Waals surface area contributed by atoms with Gasteiger partial charge in [-0.15, -0.1) is 0 Å². The molecular formula is C24H36N4O4S. The largest absolute Gasteiger partial charge is 0.338 e. The van der Waals surface area contributed by atoms with E-state index in [4.69, 9.17) is 0 Å². The van der Waals surface area contributed by atoms with Crippen molar-refractivity contribution in [1.82, 2.24) is 18.4 Å². The van der Waals surface area contributed by atoms with Crippen molar-refractivity contribution in [1.29, 1.82) is 0 Å². The smallest absolute Gasteiger partial charge is 0.282 e. The Bertz CT molecular complexity index is 942. The van der Waals surface area contributed by atoms with E-state index in [9.17, 15) is 18.0 Å². The summed E-state index contributed by atoms with van der Waals surface area (Å²) in [7, 11) is -3.51. The highest BCUT2D eigenvalue weighted by Gasteiger charge is 2.49. The van der Waals surface area contributed by atoms with Gasteiger partial charge in [0, 0.05) is 50.9 Å². The Morgan fingerprint density at radius 3 is 2.24 bits per heavy atom. The Labute approximate surface area is 197 Å². The van der Waals surface area contributed by atoms with Gasteiger partial charge in [-0.1, -0.05) is 44.9 Å². The predicted molar refractivity (Wildman–Crippen MR) is 127 cm³/mol. The molecule has 9 heteroatoms. The van der Waals surface area contributed by atoms with Gasteiger partial charge >= 0.3 is 0 Å². The summed E-state index contributed by atoms with van der Waals surface area (Å²) >= 11 is 0. The predicted octanol–water partition coefficient (Wildman–Crippen LogP) is 2.19. The van der Waals surface area contributed by atoms with Crippen LogP contribution < -0.4 is 0 Å². The van der Waals surface area contributed by atoms with E-state index in [2.05, 4.69) is 0 Å². The number of carbonyl (C=O) groups is 2. The Morgan fingerprint density at radius 2 is 1.61 bits per heavy atom. The second-order valence-corrected chi connectivity index (χ2v) is 11.2. The zero-order valence-corrected chi connectivity index (χ0v) is 20.5. The molecule has 1 aromatic rings. The minimum atomic E-state index is -3.51. The maximum Gasteiger partial charge on any atom is 0.282 e. The summed E-state index contributed by atoms with van der Waals surface area (Å²) in [5, 5.41) is 0. The first-order valence-electron chi connectivity index (χ1n) is 12.3. The maximum atomic E-state index is 13.6. The van der Waals surface area contributed by atoms with E-state index in [1.165, 1.54) is 8.61 Å². The van der Waals surface area contributed by atoms with Crippen LogP contribution in [-0.2, 0) is 15.0 Å². The van der Waals surface area contributed by atoms with Crippen LogP contribution in [0.15, 0.2) is 30.3 Å². The molecule has 0 N–H and O–H groups in total. The van der Waals surface area contributed by atoms with Crippen LogP contribution in [0.3, 0.4) is 0 Å². The van der Waals surface area contributed by atoms with Gasteiger partial charge in [0.2, 0.25) is 5.91 Å². The number of piperazine rings is 1. The standard InChI is InChI=1S/C24H36N4O4S/c1-3-26(4-2)33(31,32)27-16-14-25(15-17-27)24(30)22-18-20-12-8-9-13-21(20)28(22)23(29)19-10-6-5-7-11-19/h5-7,10-11,20-22H,3-4,8-9,12-18H2,1-2H3. The first-order valence-corrected chi connectivity index (χ1v) is 13.7. The van der Waals surface area contributed by atoms with Crippen LogP contribution >= 0.6 is 0 Å². The van der Waals surface area contributed by atoms with Gasteiger partial charge in [0.1, 0.15) is 6.04 Å². The SMILES string of the molecule is CCN(CC)S(=O)(=O)N1CCN(C(=O)C2CC3CCCCC3N2C(=O)c2ccccc2)CC1. The maximum absolute atomic E-state index is 13.6. The van der Waals surface area contributed by atoms with Gasteiger partial charge in [0.25, 0.3) is 16.1 Å². The molecule has 4 rings (SSSR count). The van der Waals surface area contributed by atoms with Crippen LogP contribution in [-0.4, -0.2) is 90.0 Å². The van der Waals surface area contributed by atoms with Crippen molar-refractivity contribution in [3.05, 3.63) is 35.9 Å². The third kappa shape index (κ3) is 4.68. The third-order valence-electron chi connectivity index (χ3n) is 7.54. The van der Waals surface area contributed by atoms with Gasteiger partial charge in [-0.2, -0.15) is 17.0 Å². The van der Waals surface area contributed by atoms with Gasteiger partial charge in [-0.05, 0) is 37.3 Å². The number of benzene rings is 1. The molecule has 2 amide bonds. The molecule has 0 radical (unpaired) electrons. The summed E-state index contributed by atoms with van der Waals surface area (Å²) < 4.78 is 28.6. The molecule has 33 heavy (non-hydrogen) atoms. The molecule has 3 fully saturated rings. The van der Waals surface area contributed by atoms with E-state index < -0.39 is 16.3 Å². The van der Waals surface area contributed by atoms with Crippen molar-refractivity contribution in [2.24, 2.45) is 5.92 Å². The summed E-state index contributed by atoms with van der Waals surface area (Å²) in [6, 6.07) is 8.88. The summed E-state index contributed by atoms with van der Waals surface area (Å²) in [6.07, 6.45) is 4.95. The minimum Gasteiger partial charge on any atom is -0.338 e. The molecule has 0 spiro atoms. The Hall–Kier alpha value is -1.97. The average molecular weight is 477 g/mol. The summed E-state index contributed by atoms with van der Waals surface area (Å²) in [4.78, 5) is 30.8. The van der Waals surface area contributed by atoms with E-state index in [1.54, 1.807) is 4.90 Å². The Balaban J connectivity index is 1.49. The number of likely N-dealkylation sites (tertiary alicyclic amines) is 1. The van der Waals surface area contributed by atoms with Gasteiger partial charge in [-0.25, -0.2) is 0 Å². The number of amides is 2. The number of hydrogen-bond donors (Lipinski definition) is 0. The van der Waals surface area contributed by atoms with Gasteiger partial charge < -0.3 is 9.80 Å². The van der Waals surface area contributed by atoms with Gasteiger partial charge in [0.05, 0.1) is 0 Å². The second-order valence-electron chi connectivity index (χ2n) is 9.26. The Morgan fingerprint density at radius 1 is 0.970 bits per heavy atom. The molecule has 1 aromatic carbocycles. The third-order valence-corrected chi connectivity index (χ3v) is 9.72. The average Bonchev–Trinajstić information content (AvgIpc) is 3.24. The molecule has 2 heterocycles. The van der Waals surface area contributed by atoms with Crippen LogP contribution in [0.4, 0.5) is 0 Å². The van der Waals surface area contributed by atoms with Crippen molar-refractivity contribution < 1.29 is 18.0 Å². The molecule has 2 saturated heterocycles. The second kappa shape index (κ2) is 10.1. The molecule has 2 aliphatic heterocycles. The normalized spacial score (nSPS) is 26.5. The molecule has 0 bridgehead atoms. The molecule has 1 saturated carbocycles. The monoisotopic (exact) mass is 476 g/mol. The molecule has 1 aliphatic carbocycles. The fourth-order valence-electron chi connectivity index (χ4n) is 5.77. The lowest BCUT2D eigenvalue weighted by atomic mass is 9.84. The summed E-state index contributed by atoms with van der Waals surface area (Å²) in [6.45, 7) is 5.82. The lowest BCUT2D eigenvalue weighted by Gasteiger charge is -2.39. The number of carbonyl (C=O) groups excluding carboxylic acids is 2. The first kappa shape index (κ1) is 24.2. The summed E-state index contributed by atoms with van der Waals surface area (Å²) in [5.74, 6) is 0.268. The van der Waals surface area contributed by atoms with E-state index in [-0.39, 0.29) is 30.9 Å². The number of rotatable bonds is 6. The van der Waals surface area contributed by atoms with Crippen molar-refractivity contribution in [2.75, 3.05) is 39.3 Å². The van der Waals surface area contributed by atoms with Crippen molar-refractivity contribution in [3.63, 3.8) is 0 Å². The van der Waals surface area contributed by atoms with Crippen LogP contribution in [0.1, 0.15) is 56.3 Å². The van der Waals surface area contributed by atoms with E-state index >= 15 is 0 Å². The number of hydrogen-bond acceptors (Lipinski definition) is 4. The highest BCUT2D eigenvalue weighted by Crippen LogP contribution is 2.41. The minimum absolute atomic E-state index is 0.0337. The van der Waals surface area contributed by atoms with Crippen molar-refractivity contribution >= 4 is 22.0 Å². The van der Waals surface area contributed by atoms with Crippen LogP contribution in [0, 0.1) is 5.92 Å². The quantitative estimate of drug-likeness (QED) is 0.630. The lowest BCUT2D eigenvalue weighted by molar-refractivity contribution is -0.136. The number of fused-ring (bicyclic) bond motifs is 1. The van der Waals surface area contributed by atoms with Gasteiger partial charge in [-0.3, -0.25) is 9.59 Å². The Kier molecular flexibility index (Phi) is 7.40.